The van der Waals surface area contributed by atoms with Gasteiger partial charge >= 0.3 is 12.7 Å². The van der Waals surface area contributed by atoms with E-state index in [1.165, 1.54) is 24.3 Å². The van der Waals surface area contributed by atoms with Gasteiger partial charge in [0.1, 0.15) is 17.6 Å². The van der Waals surface area contributed by atoms with Gasteiger partial charge < -0.3 is 14.2 Å². The molecule has 0 unspecified atom stereocenters. The maximum absolute atomic E-state index is 12.4. The highest BCUT2D eigenvalue weighted by molar-refractivity contribution is 6.17. The Balaban J connectivity index is 2.36. The van der Waals surface area contributed by atoms with Gasteiger partial charge in [-0.25, -0.2) is 0 Å². The van der Waals surface area contributed by atoms with Crippen LogP contribution in [0.15, 0.2) is 48.5 Å². The molecule has 0 bridgehead atoms. The maximum atomic E-state index is 12.4. The highest BCUT2D eigenvalue weighted by Gasteiger charge is 2.32. The first kappa shape index (κ1) is 21.2. The van der Waals surface area contributed by atoms with E-state index in [4.69, 9.17) is 16.3 Å². The summed E-state index contributed by atoms with van der Waals surface area (Å²) in [6.07, 6.45) is -10.7. The normalized spacial score (nSPS) is 12.3. The topological polar surface area (TPSA) is 27.7 Å². The fraction of sp³-hybridized carbons (Fsp3) is 0.294. The largest absolute Gasteiger partial charge is 0.573 e. The first-order valence-electron chi connectivity index (χ1n) is 7.46. The Kier molecular flexibility index (Phi) is 6.83. The molecule has 0 saturated carbocycles. The summed E-state index contributed by atoms with van der Waals surface area (Å²) in [4.78, 5) is 0. The summed E-state index contributed by atoms with van der Waals surface area (Å²) in [6, 6.07) is 9.90. The van der Waals surface area contributed by atoms with Gasteiger partial charge in [-0.15, -0.1) is 37.9 Å². The molecule has 0 amide bonds. The van der Waals surface area contributed by atoms with Crippen LogP contribution in [0.3, 0.4) is 0 Å². The van der Waals surface area contributed by atoms with Crippen molar-refractivity contribution in [1.29, 1.82) is 0 Å². The number of alkyl halides is 7. The van der Waals surface area contributed by atoms with E-state index >= 15 is 0 Å². The highest BCUT2D eigenvalue weighted by atomic mass is 35.5. The van der Waals surface area contributed by atoms with Crippen molar-refractivity contribution in [2.75, 3.05) is 12.5 Å². The molecule has 0 heterocycles. The van der Waals surface area contributed by atoms with Crippen molar-refractivity contribution in [2.45, 2.75) is 18.8 Å². The fourth-order valence-electron chi connectivity index (χ4n) is 2.30. The van der Waals surface area contributed by atoms with Crippen LogP contribution in [0.25, 0.3) is 0 Å². The van der Waals surface area contributed by atoms with E-state index in [0.29, 0.717) is 0 Å². The lowest BCUT2D eigenvalue weighted by atomic mass is 10.0. The molecule has 0 aliphatic rings. The number of ether oxygens (including phenoxy) is 3. The quantitative estimate of drug-likeness (QED) is 0.421. The molecular weight excluding hydrogens is 402 g/mol. The molecular formula is C17H13ClF6O3. The van der Waals surface area contributed by atoms with Crippen LogP contribution in [0, 0.1) is 0 Å². The molecule has 0 aromatic heterocycles. The summed E-state index contributed by atoms with van der Waals surface area (Å²) in [5.74, 6) is -0.891. The number of rotatable bonds is 7. The van der Waals surface area contributed by atoms with Crippen molar-refractivity contribution in [3.63, 3.8) is 0 Å². The number of benzene rings is 2. The standard InChI is InChI=1S/C17H13ClF6O3/c18-7-8-25-15(11-3-1-5-13(9-11)26-16(19,20)21)12-4-2-6-14(10-12)27-17(22,23)24/h1-6,9-10,15H,7-8H2. The lowest BCUT2D eigenvalue weighted by Gasteiger charge is -2.20. The predicted molar refractivity (Wildman–Crippen MR) is 84.8 cm³/mol. The van der Waals surface area contributed by atoms with E-state index in [9.17, 15) is 26.3 Å². The fourth-order valence-corrected chi connectivity index (χ4v) is 2.39. The summed E-state index contributed by atoms with van der Waals surface area (Å²) >= 11 is 5.59. The SMILES string of the molecule is FC(F)(F)Oc1cccc(C(OCCCl)c2cccc(OC(F)(F)F)c2)c1. The molecule has 0 atom stereocenters. The molecule has 10 heteroatoms. The summed E-state index contributed by atoms with van der Waals surface area (Å²) in [7, 11) is 0. The molecule has 148 valence electrons. The highest BCUT2D eigenvalue weighted by Crippen LogP contribution is 2.33. The van der Waals surface area contributed by atoms with E-state index in [1.54, 1.807) is 0 Å². The molecule has 0 radical (unpaired) electrons. The van der Waals surface area contributed by atoms with Crippen molar-refractivity contribution in [1.82, 2.24) is 0 Å². The molecule has 0 spiro atoms. The van der Waals surface area contributed by atoms with Crippen LogP contribution in [-0.4, -0.2) is 25.2 Å². The van der Waals surface area contributed by atoms with Crippen LogP contribution in [0.5, 0.6) is 11.5 Å². The van der Waals surface area contributed by atoms with Crippen LogP contribution in [0.1, 0.15) is 17.2 Å². The minimum absolute atomic E-state index is 0.0148. The van der Waals surface area contributed by atoms with Crippen LogP contribution >= 0.6 is 11.6 Å². The van der Waals surface area contributed by atoms with E-state index in [2.05, 4.69) is 9.47 Å². The number of hydrogen-bond donors (Lipinski definition) is 0. The first-order valence-corrected chi connectivity index (χ1v) is 8.00. The van der Waals surface area contributed by atoms with Crippen molar-refractivity contribution in [2.24, 2.45) is 0 Å². The summed E-state index contributed by atoms with van der Waals surface area (Å²) in [5, 5.41) is 0. The molecule has 27 heavy (non-hydrogen) atoms. The Labute approximate surface area is 155 Å². The lowest BCUT2D eigenvalue weighted by Crippen LogP contribution is -2.18. The first-order chi connectivity index (χ1) is 12.6. The van der Waals surface area contributed by atoms with Crippen LogP contribution in [0.2, 0.25) is 0 Å². The summed E-state index contributed by atoms with van der Waals surface area (Å²) in [5.41, 5.74) is 0.483. The molecule has 2 aromatic rings. The van der Waals surface area contributed by atoms with E-state index in [-0.39, 0.29) is 23.6 Å². The second-order valence-corrected chi connectivity index (χ2v) is 5.56. The molecule has 2 rings (SSSR count). The van der Waals surface area contributed by atoms with Crippen molar-refractivity contribution in [3.05, 3.63) is 59.7 Å². The van der Waals surface area contributed by atoms with Gasteiger partial charge in [-0.1, -0.05) is 24.3 Å². The molecule has 0 fully saturated rings. The zero-order chi connectivity index (χ0) is 20.1. The molecule has 0 aliphatic carbocycles. The van der Waals surface area contributed by atoms with E-state index in [1.807, 2.05) is 0 Å². The van der Waals surface area contributed by atoms with Crippen LogP contribution in [0.4, 0.5) is 26.3 Å². The molecule has 2 aromatic carbocycles. The third kappa shape index (κ3) is 7.18. The van der Waals surface area contributed by atoms with Crippen LogP contribution < -0.4 is 9.47 Å². The maximum Gasteiger partial charge on any atom is 0.573 e. The number of halogens is 7. The Hall–Kier alpha value is -2.13. The monoisotopic (exact) mass is 414 g/mol. The third-order valence-corrected chi connectivity index (χ3v) is 3.30. The van der Waals surface area contributed by atoms with Gasteiger partial charge in [0.25, 0.3) is 0 Å². The number of hydrogen-bond acceptors (Lipinski definition) is 3. The average Bonchev–Trinajstić information content (AvgIpc) is 2.53. The van der Waals surface area contributed by atoms with Gasteiger partial charge in [-0.3, -0.25) is 0 Å². The molecule has 0 aliphatic heterocycles. The Bertz CT molecular complexity index is 688. The van der Waals surface area contributed by atoms with Gasteiger partial charge in [-0.05, 0) is 35.4 Å². The molecule has 3 nitrogen and oxygen atoms in total. The Morgan fingerprint density at radius 1 is 0.778 bits per heavy atom. The zero-order valence-electron chi connectivity index (χ0n) is 13.5. The summed E-state index contributed by atoms with van der Waals surface area (Å²) < 4.78 is 87.8. The van der Waals surface area contributed by atoms with Crippen molar-refractivity contribution >= 4 is 11.6 Å². The third-order valence-electron chi connectivity index (χ3n) is 3.15. The second kappa shape index (κ2) is 8.71. The van der Waals surface area contributed by atoms with Gasteiger partial charge in [0, 0.05) is 5.88 Å². The van der Waals surface area contributed by atoms with Crippen molar-refractivity contribution < 1.29 is 40.6 Å². The van der Waals surface area contributed by atoms with Gasteiger partial charge in [0.05, 0.1) is 6.61 Å². The van der Waals surface area contributed by atoms with E-state index < -0.39 is 30.3 Å². The lowest BCUT2D eigenvalue weighted by molar-refractivity contribution is -0.275. The van der Waals surface area contributed by atoms with Gasteiger partial charge in [-0.2, -0.15) is 0 Å². The Morgan fingerprint density at radius 3 is 1.59 bits per heavy atom. The van der Waals surface area contributed by atoms with Gasteiger partial charge in [0.2, 0.25) is 0 Å². The molecule has 0 saturated heterocycles. The minimum Gasteiger partial charge on any atom is -0.406 e. The smallest absolute Gasteiger partial charge is 0.406 e. The van der Waals surface area contributed by atoms with Crippen molar-refractivity contribution in [3.8, 4) is 11.5 Å². The average molecular weight is 415 g/mol. The van der Waals surface area contributed by atoms with Crippen LogP contribution in [-0.2, 0) is 4.74 Å². The molecule has 0 N–H and O–H groups in total. The minimum atomic E-state index is -4.88. The summed E-state index contributed by atoms with van der Waals surface area (Å²) in [6.45, 7) is 0.0148. The van der Waals surface area contributed by atoms with Gasteiger partial charge in [0.15, 0.2) is 0 Å². The zero-order valence-corrected chi connectivity index (χ0v) is 14.2. The Morgan fingerprint density at radius 2 is 1.22 bits per heavy atom. The second-order valence-electron chi connectivity index (χ2n) is 5.18. The van der Waals surface area contributed by atoms with E-state index in [0.717, 1.165) is 24.3 Å². The predicted octanol–water partition coefficient (Wildman–Crippen LogP) is 5.83.